The third-order valence-electron chi connectivity index (χ3n) is 7.54. The van der Waals surface area contributed by atoms with Crippen molar-refractivity contribution in [2.75, 3.05) is 20.8 Å². The number of carbonyl (C=O) groups is 1. The number of nitrogens with zero attached hydrogens (tertiary/aromatic N) is 2. The molecule has 9 heteroatoms. The average molecular weight is 611 g/mol. The Morgan fingerprint density at radius 2 is 1.71 bits per heavy atom. The molecule has 0 saturated heterocycles. The van der Waals surface area contributed by atoms with Gasteiger partial charge >= 0.3 is 5.97 Å². The highest BCUT2D eigenvalue weighted by molar-refractivity contribution is 6.08. The summed E-state index contributed by atoms with van der Waals surface area (Å²) < 4.78 is 18.5. The standard InChI is InChI=1S/C32H28N2O6.C4H10O/c1-18-12-26-23(5-7-28(35)34(26)17-19-13-21(38-2)15-22(14-19)39-3)31(25(18)16-29(36)37)24-4-6-27-30-20(9-11-40-27)8-10-33-32(24)30;1-4(2,3)5/h4-8,10,12-15H,9,11,16-17H2,1-3H3,(H,36,37);5H,1-3H3. The van der Waals surface area contributed by atoms with Crippen molar-refractivity contribution in [2.45, 2.75) is 52.7 Å². The summed E-state index contributed by atoms with van der Waals surface area (Å²) in [5.74, 6) is 1.09. The molecule has 1 aliphatic heterocycles. The lowest BCUT2D eigenvalue weighted by molar-refractivity contribution is -0.136. The minimum absolute atomic E-state index is 0.164. The highest BCUT2D eigenvalue weighted by atomic mass is 16.5. The summed E-state index contributed by atoms with van der Waals surface area (Å²) in [4.78, 5) is 30.1. The fraction of sp³-hybridized carbons (Fsp3) is 0.306. The smallest absolute Gasteiger partial charge is 0.307 e. The Hall–Kier alpha value is -4.89. The molecule has 2 aromatic heterocycles. The largest absolute Gasteiger partial charge is 0.497 e. The molecule has 9 nitrogen and oxygen atoms in total. The van der Waals surface area contributed by atoms with Crippen molar-refractivity contribution in [1.82, 2.24) is 9.55 Å². The van der Waals surface area contributed by atoms with E-state index in [2.05, 4.69) is 0 Å². The van der Waals surface area contributed by atoms with Crippen LogP contribution in [0.1, 0.15) is 43.0 Å². The molecule has 234 valence electrons. The van der Waals surface area contributed by atoms with Gasteiger partial charge in [0, 0.05) is 41.1 Å². The van der Waals surface area contributed by atoms with Crippen LogP contribution in [0, 0.1) is 6.92 Å². The van der Waals surface area contributed by atoms with E-state index >= 15 is 0 Å². The average Bonchev–Trinajstić information content (AvgIpc) is 2.99. The Balaban J connectivity index is 0.000000743. The lowest BCUT2D eigenvalue weighted by Gasteiger charge is -2.22. The molecule has 0 aliphatic carbocycles. The predicted molar refractivity (Wildman–Crippen MR) is 175 cm³/mol. The predicted octanol–water partition coefficient (Wildman–Crippen LogP) is 5.93. The van der Waals surface area contributed by atoms with Crippen LogP contribution >= 0.6 is 0 Å². The van der Waals surface area contributed by atoms with Gasteiger partial charge in [-0.15, -0.1) is 0 Å². The number of hydrogen-bond donors (Lipinski definition) is 2. The van der Waals surface area contributed by atoms with E-state index in [1.54, 1.807) is 57.9 Å². The van der Waals surface area contributed by atoms with E-state index in [0.717, 1.165) is 56.3 Å². The fourth-order valence-electron chi connectivity index (χ4n) is 5.71. The summed E-state index contributed by atoms with van der Waals surface area (Å²) in [6.45, 7) is 7.99. The van der Waals surface area contributed by atoms with Gasteiger partial charge in [-0.05, 0) is 98.0 Å². The van der Waals surface area contributed by atoms with Crippen LogP contribution in [0.2, 0.25) is 0 Å². The first-order valence-electron chi connectivity index (χ1n) is 14.7. The van der Waals surface area contributed by atoms with E-state index in [0.29, 0.717) is 29.2 Å². The summed E-state index contributed by atoms with van der Waals surface area (Å²) in [5, 5.41) is 20.1. The number of methoxy groups -OCH3 is 2. The van der Waals surface area contributed by atoms with Crippen molar-refractivity contribution >= 4 is 27.8 Å². The van der Waals surface area contributed by atoms with Crippen LogP contribution in [0.5, 0.6) is 17.2 Å². The number of aryl methyl sites for hydroxylation is 1. The number of aromatic nitrogens is 2. The van der Waals surface area contributed by atoms with E-state index in [-0.39, 0.29) is 18.5 Å². The van der Waals surface area contributed by atoms with Gasteiger partial charge in [0.1, 0.15) is 17.2 Å². The molecule has 6 rings (SSSR count). The van der Waals surface area contributed by atoms with Gasteiger partial charge in [0.15, 0.2) is 0 Å². The monoisotopic (exact) mass is 610 g/mol. The SMILES string of the molecule is CC(C)(C)O.COc1cc(Cn2c(=O)ccc3c(-c4ccc5c6c(ccnc46)CCO5)c(CC(=O)O)c(C)cc32)cc(OC)c1. The molecule has 5 aromatic rings. The fourth-order valence-corrected chi connectivity index (χ4v) is 5.71. The molecule has 0 spiro atoms. The van der Waals surface area contributed by atoms with Gasteiger partial charge in [-0.25, -0.2) is 0 Å². The van der Waals surface area contributed by atoms with E-state index in [1.807, 2.05) is 43.3 Å². The topological polar surface area (TPSA) is 120 Å². The summed E-state index contributed by atoms with van der Waals surface area (Å²) in [6, 6.07) is 16.6. The van der Waals surface area contributed by atoms with Crippen molar-refractivity contribution in [1.29, 1.82) is 0 Å². The molecule has 0 fully saturated rings. The number of fused-ring (bicyclic) bond motifs is 1. The van der Waals surface area contributed by atoms with Gasteiger partial charge in [0.05, 0.1) is 50.4 Å². The molecule has 3 aromatic carbocycles. The van der Waals surface area contributed by atoms with Crippen LogP contribution < -0.4 is 19.8 Å². The Kier molecular flexibility index (Phi) is 8.84. The third-order valence-corrected chi connectivity index (χ3v) is 7.54. The number of ether oxygens (including phenoxy) is 3. The van der Waals surface area contributed by atoms with Crippen LogP contribution in [-0.2, 0) is 24.2 Å². The zero-order valence-electron chi connectivity index (χ0n) is 26.4. The second kappa shape index (κ2) is 12.6. The summed E-state index contributed by atoms with van der Waals surface area (Å²) >= 11 is 0. The molecule has 3 heterocycles. The maximum Gasteiger partial charge on any atom is 0.307 e. The van der Waals surface area contributed by atoms with Crippen molar-refractivity contribution in [3.63, 3.8) is 0 Å². The van der Waals surface area contributed by atoms with Crippen LogP contribution in [0.4, 0.5) is 0 Å². The number of hydrogen-bond acceptors (Lipinski definition) is 7. The number of aliphatic carboxylic acids is 1. The Labute approximate surface area is 261 Å². The van der Waals surface area contributed by atoms with Gasteiger partial charge in [-0.1, -0.05) is 0 Å². The van der Waals surface area contributed by atoms with E-state index in [9.17, 15) is 14.7 Å². The van der Waals surface area contributed by atoms with Crippen LogP contribution in [-0.4, -0.2) is 52.2 Å². The molecule has 0 amide bonds. The van der Waals surface area contributed by atoms with E-state index < -0.39 is 11.6 Å². The Bertz CT molecular complexity index is 1930. The molecule has 0 atom stereocenters. The minimum atomic E-state index is -0.931. The first kappa shape index (κ1) is 31.5. The number of carboxylic acid groups (broad SMARTS) is 1. The van der Waals surface area contributed by atoms with Gasteiger partial charge in [-0.2, -0.15) is 0 Å². The van der Waals surface area contributed by atoms with E-state index in [4.69, 9.17) is 24.3 Å². The summed E-state index contributed by atoms with van der Waals surface area (Å²) in [7, 11) is 3.17. The molecular formula is C36H38N2O7. The van der Waals surface area contributed by atoms with Crippen molar-refractivity contribution in [3.8, 4) is 28.4 Å². The second-order valence-electron chi connectivity index (χ2n) is 12.1. The minimum Gasteiger partial charge on any atom is -0.497 e. The zero-order valence-corrected chi connectivity index (χ0v) is 26.4. The first-order valence-corrected chi connectivity index (χ1v) is 14.7. The lowest BCUT2D eigenvalue weighted by Crippen LogP contribution is -2.21. The maximum absolute atomic E-state index is 13.3. The third kappa shape index (κ3) is 6.78. The summed E-state index contributed by atoms with van der Waals surface area (Å²) in [6.07, 6.45) is 2.40. The molecule has 1 aliphatic rings. The zero-order chi connectivity index (χ0) is 32.5. The van der Waals surface area contributed by atoms with Crippen LogP contribution in [0.3, 0.4) is 0 Å². The number of benzene rings is 3. The number of aliphatic hydroxyl groups is 1. The molecule has 0 radical (unpaired) electrons. The van der Waals surface area contributed by atoms with Gasteiger partial charge < -0.3 is 29.0 Å². The number of rotatable bonds is 7. The Morgan fingerprint density at radius 3 is 2.36 bits per heavy atom. The van der Waals surface area contributed by atoms with Crippen LogP contribution in [0.25, 0.3) is 32.9 Å². The van der Waals surface area contributed by atoms with Crippen molar-refractivity contribution in [3.05, 3.63) is 93.4 Å². The molecule has 0 bridgehead atoms. The highest BCUT2D eigenvalue weighted by Crippen LogP contribution is 2.42. The summed E-state index contributed by atoms with van der Waals surface area (Å²) in [5.41, 5.74) is 5.80. The van der Waals surface area contributed by atoms with Crippen molar-refractivity contribution < 1.29 is 29.2 Å². The highest BCUT2D eigenvalue weighted by Gasteiger charge is 2.23. The van der Waals surface area contributed by atoms with Crippen molar-refractivity contribution in [2.24, 2.45) is 0 Å². The van der Waals surface area contributed by atoms with Gasteiger partial charge in [0.2, 0.25) is 0 Å². The van der Waals surface area contributed by atoms with Gasteiger partial charge in [0.25, 0.3) is 5.56 Å². The molecular weight excluding hydrogens is 572 g/mol. The van der Waals surface area contributed by atoms with Gasteiger partial charge in [-0.3, -0.25) is 14.6 Å². The van der Waals surface area contributed by atoms with E-state index in [1.165, 1.54) is 6.07 Å². The first-order chi connectivity index (χ1) is 21.4. The lowest BCUT2D eigenvalue weighted by atomic mass is 9.87. The second-order valence-corrected chi connectivity index (χ2v) is 12.1. The number of pyridine rings is 2. The Morgan fingerprint density at radius 1 is 1.02 bits per heavy atom. The maximum atomic E-state index is 13.3. The molecule has 0 saturated carbocycles. The normalized spacial score (nSPS) is 12.3. The quantitative estimate of drug-likeness (QED) is 0.233. The molecule has 0 unspecified atom stereocenters. The molecule has 45 heavy (non-hydrogen) atoms. The number of carboxylic acids is 1. The molecule has 2 N–H and O–H groups in total. The van der Waals surface area contributed by atoms with Crippen LogP contribution in [0.15, 0.2) is 65.6 Å².